The third-order valence-electron chi connectivity index (χ3n) is 3.23. The van der Waals surface area contributed by atoms with Crippen molar-refractivity contribution in [1.82, 2.24) is 4.98 Å². The topological polar surface area (TPSA) is 42.1 Å². The Morgan fingerprint density at radius 2 is 1.84 bits per heavy atom. The van der Waals surface area contributed by atoms with Crippen LogP contribution in [-0.2, 0) is 0 Å². The first-order chi connectivity index (χ1) is 9.11. The Bertz CT molecular complexity index is 515. The van der Waals surface area contributed by atoms with Crippen LogP contribution in [-0.4, -0.2) is 11.5 Å². The first kappa shape index (κ1) is 13.6. The second kappa shape index (κ2) is 5.85. The van der Waals surface area contributed by atoms with Crippen LogP contribution in [0.3, 0.4) is 0 Å². The molecule has 0 bridgehead atoms. The molecule has 1 atom stereocenters. The maximum Gasteiger partial charge on any atom is 0.132 e. The molecule has 0 saturated heterocycles. The van der Waals surface area contributed by atoms with Crippen molar-refractivity contribution in [2.75, 3.05) is 11.4 Å². The van der Waals surface area contributed by atoms with Gasteiger partial charge in [-0.25, -0.2) is 4.98 Å². The molecule has 0 saturated carbocycles. The number of pyridine rings is 1. The molecule has 1 aromatic heterocycles. The van der Waals surface area contributed by atoms with Crippen LogP contribution in [0.25, 0.3) is 0 Å². The minimum atomic E-state index is 0.0241. The van der Waals surface area contributed by atoms with E-state index in [4.69, 9.17) is 5.73 Å². The van der Waals surface area contributed by atoms with Gasteiger partial charge in [0, 0.05) is 24.5 Å². The summed E-state index contributed by atoms with van der Waals surface area (Å²) >= 11 is 0. The quantitative estimate of drug-likeness (QED) is 0.908. The van der Waals surface area contributed by atoms with Gasteiger partial charge < -0.3 is 10.6 Å². The molecule has 100 valence electrons. The minimum absolute atomic E-state index is 0.0241. The van der Waals surface area contributed by atoms with Crippen molar-refractivity contribution in [3.63, 3.8) is 0 Å². The summed E-state index contributed by atoms with van der Waals surface area (Å²) in [5, 5.41) is 0. The summed E-state index contributed by atoms with van der Waals surface area (Å²) in [6.45, 7) is 7.07. The lowest BCUT2D eigenvalue weighted by molar-refractivity contribution is 0.810. The highest BCUT2D eigenvalue weighted by Gasteiger charge is 2.09. The molecule has 2 N–H and O–H groups in total. The number of anilines is 2. The fourth-order valence-corrected chi connectivity index (χ4v) is 2.03. The maximum absolute atomic E-state index is 5.85. The summed E-state index contributed by atoms with van der Waals surface area (Å²) in [4.78, 5) is 6.70. The second-order valence-electron chi connectivity index (χ2n) is 4.82. The largest absolute Gasteiger partial charge is 0.327 e. The van der Waals surface area contributed by atoms with Crippen molar-refractivity contribution < 1.29 is 0 Å². The summed E-state index contributed by atoms with van der Waals surface area (Å²) < 4.78 is 0. The average Bonchev–Trinajstić information content (AvgIpc) is 2.42. The Morgan fingerprint density at radius 1 is 1.16 bits per heavy atom. The Labute approximate surface area is 115 Å². The van der Waals surface area contributed by atoms with Crippen LogP contribution in [0.2, 0.25) is 0 Å². The average molecular weight is 255 g/mol. The Morgan fingerprint density at radius 3 is 2.32 bits per heavy atom. The highest BCUT2D eigenvalue weighted by atomic mass is 15.2. The fraction of sp³-hybridized carbons (Fsp3) is 0.312. The van der Waals surface area contributed by atoms with Crippen LogP contribution < -0.4 is 10.6 Å². The Kier molecular flexibility index (Phi) is 4.17. The van der Waals surface area contributed by atoms with Crippen molar-refractivity contribution in [2.24, 2.45) is 5.73 Å². The van der Waals surface area contributed by atoms with Crippen LogP contribution in [0.1, 0.15) is 31.0 Å². The van der Waals surface area contributed by atoms with Gasteiger partial charge in [-0.2, -0.15) is 0 Å². The molecule has 19 heavy (non-hydrogen) atoms. The molecule has 0 aliphatic heterocycles. The number of rotatable bonds is 4. The Hall–Kier alpha value is -1.87. The van der Waals surface area contributed by atoms with E-state index >= 15 is 0 Å². The van der Waals surface area contributed by atoms with E-state index in [-0.39, 0.29) is 6.04 Å². The van der Waals surface area contributed by atoms with E-state index < -0.39 is 0 Å². The number of hydrogen-bond donors (Lipinski definition) is 1. The molecule has 1 aromatic carbocycles. The van der Waals surface area contributed by atoms with E-state index in [1.165, 1.54) is 5.56 Å². The monoisotopic (exact) mass is 255 g/mol. The predicted molar refractivity (Wildman–Crippen MR) is 80.7 cm³/mol. The molecule has 0 aliphatic rings. The number of nitrogens with two attached hydrogens (primary N) is 1. The highest BCUT2D eigenvalue weighted by Crippen LogP contribution is 2.24. The summed E-state index contributed by atoms with van der Waals surface area (Å²) in [6.07, 6.45) is 1.86. The first-order valence-corrected chi connectivity index (χ1v) is 6.67. The first-order valence-electron chi connectivity index (χ1n) is 6.67. The third kappa shape index (κ3) is 3.12. The molecule has 2 rings (SSSR count). The minimum Gasteiger partial charge on any atom is -0.327 e. The number of aromatic nitrogens is 1. The van der Waals surface area contributed by atoms with Gasteiger partial charge in [-0.05, 0) is 44.5 Å². The summed E-state index contributed by atoms with van der Waals surface area (Å²) in [5.74, 6) is 0.954. The van der Waals surface area contributed by atoms with Gasteiger partial charge in [0.25, 0.3) is 0 Å². The van der Waals surface area contributed by atoms with Crippen LogP contribution in [0, 0.1) is 6.92 Å². The molecule has 3 nitrogen and oxygen atoms in total. The van der Waals surface area contributed by atoms with Crippen LogP contribution >= 0.6 is 0 Å². The highest BCUT2D eigenvalue weighted by molar-refractivity contribution is 5.60. The Balaban J connectivity index is 2.28. The van der Waals surface area contributed by atoms with Crippen molar-refractivity contribution >= 4 is 11.5 Å². The summed E-state index contributed by atoms with van der Waals surface area (Å²) in [7, 11) is 0. The SMILES string of the molecule is CCN(c1ccc(C)cc1)c1ccc([C@@H](C)N)cn1. The molecule has 2 aromatic rings. The molecule has 0 aliphatic carbocycles. The van der Waals surface area contributed by atoms with E-state index in [1.54, 1.807) is 0 Å². The van der Waals surface area contributed by atoms with Gasteiger partial charge >= 0.3 is 0 Å². The third-order valence-corrected chi connectivity index (χ3v) is 3.23. The van der Waals surface area contributed by atoms with Crippen molar-refractivity contribution in [1.29, 1.82) is 0 Å². The predicted octanol–water partition coefficient (Wildman–Crippen LogP) is 3.57. The lowest BCUT2D eigenvalue weighted by Gasteiger charge is -2.22. The van der Waals surface area contributed by atoms with Gasteiger partial charge in [0.1, 0.15) is 5.82 Å². The van der Waals surface area contributed by atoms with Crippen LogP contribution in [0.15, 0.2) is 42.6 Å². The smallest absolute Gasteiger partial charge is 0.132 e. The zero-order chi connectivity index (χ0) is 13.8. The lowest BCUT2D eigenvalue weighted by Crippen LogP contribution is -2.17. The zero-order valence-corrected chi connectivity index (χ0v) is 11.8. The molecular weight excluding hydrogens is 234 g/mol. The fourth-order valence-electron chi connectivity index (χ4n) is 2.03. The number of hydrogen-bond acceptors (Lipinski definition) is 3. The second-order valence-corrected chi connectivity index (χ2v) is 4.82. The zero-order valence-electron chi connectivity index (χ0n) is 11.8. The van der Waals surface area contributed by atoms with Crippen molar-refractivity contribution in [2.45, 2.75) is 26.8 Å². The van der Waals surface area contributed by atoms with E-state index in [0.717, 1.165) is 23.6 Å². The number of nitrogens with zero attached hydrogens (tertiary/aromatic N) is 2. The summed E-state index contributed by atoms with van der Waals surface area (Å²) in [5.41, 5.74) is 9.33. The van der Waals surface area contributed by atoms with E-state index in [9.17, 15) is 0 Å². The van der Waals surface area contributed by atoms with E-state index in [2.05, 4.69) is 48.0 Å². The molecule has 0 spiro atoms. The van der Waals surface area contributed by atoms with Crippen molar-refractivity contribution in [3.8, 4) is 0 Å². The van der Waals surface area contributed by atoms with Gasteiger partial charge in [0.15, 0.2) is 0 Å². The van der Waals surface area contributed by atoms with Gasteiger partial charge in [0.05, 0.1) is 0 Å². The molecule has 3 heteroatoms. The molecule has 0 fully saturated rings. The van der Waals surface area contributed by atoms with Crippen LogP contribution in [0.4, 0.5) is 11.5 Å². The molecule has 0 radical (unpaired) electrons. The van der Waals surface area contributed by atoms with Gasteiger partial charge in [-0.1, -0.05) is 23.8 Å². The van der Waals surface area contributed by atoms with E-state index in [0.29, 0.717) is 0 Å². The normalized spacial score (nSPS) is 12.2. The molecule has 0 unspecified atom stereocenters. The maximum atomic E-state index is 5.85. The molecule has 0 amide bonds. The standard InChI is InChI=1S/C16H21N3/c1-4-19(15-8-5-12(2)6-9-15)16-10-7-14(11-18-16)13(3)17/h5-11,13H,4,17H2,1-3H3/t13-/m1/s1. The lowest BCUT2D eigenvalue weighted by atomic mass is 10.1. The van der Waals surface area contributed by atoms with Gasteiger partial charge in [0.2, 0.25) is 0 Å². The van der Waals surface area contributed by atoms with Gasteiger partial charge in [-0.3, -0.25) is 0 Å². The van der Waals surface area contributed by atoms with Crippen molar-refractivity contribution in [3.05, 3.63) is 53.7 Å². The summed E-state index contributed by atoms with van der Waals surface area (Å²) in [6, 6.07) is 12.6. The molecule has 1 heterocycles. The van der Waals surface area contributed by atoms with E-state index in [1.807, 2.05) is 25.3 Å². The number of benzene rings is 1. The number of aryl methyl sites for hydroxylation is 1. The molecular formula is C16H21N3. The van der Waals surface area contributed by atoms with Crippen LogP contribution in [0.5, 0.6) is 0 Å². The van der Waals surface area contributed by atoms with Gasteiger partial charge in [-0.15, -0.1) is 0 Å².